The van der Waals surface area contributed by atoms with Crippen LogP contribution in [0.3, 0.4) is 0 Å². The monoisotopic (exact) mass is 234 g/mol. The highest BCUT2D eigenvalue weighted by molar-refractivity contribution is 7.14. The standard InChI is InChI=1S/C12H14N2OS/c1-2-8-5-11(15)14(6-8)12-13-10(7-16-12)9-3-4-9/h2,7-9H,1,3-6H2. The lowest BCUT2D eigenvalue weighted by molar-refractivity contribution is -0.117. The summed E-state index contributed by atoms with van der Waals surface area (Å²) in [5.41, 5.74) is 1.18. The van der Waals surface area contributed by atoms with Crippen molar-refractivity contribution in [1.82, 2.24) is 4.98 Å². The zero-order chi connectivity index (χ0) is 11.1. The molecule has 1 aliphatic carbocycles. The zero-order valence-corrected chi connectivity index (χ0v) is 9.87. The number of nitrogens with zero attached hydrogens (tertiary/aromatic N) is 2. The topological polar surface area (TPSA) is 33.2 Å². The Morgan fingerprint density at radius 1 is 1.56 bits per heavy atom. The lowest BCUT2D eigenvalue weighted by atomic mass is 10.1. The second kappa shape index (κ2) is 3.70. The second-order valence-corrected chi connectivity index (χ2v) is 5.37. The van der Waals surface area contributed by atoms with Crippen molar-refractivity contribution in [3.8, 4) is 0 Å². The molecular formula is C12H14N2OS. The van der Waals surface area contributed by atoms with E-state index >= 15 is 0 Å². The molecule has 1 aliphatic heterocycles. The lowest BCUT2D eigenvalue weighted by Gasteiger charge is -2.11. The normalized spacial score (nSPS) is 25.1. The molecular weight excluding hydrogens is 220 g/mol. The van der Waals surface area contributed by atoms with Crippen LogP contribution in [0.25, 0.3) is 0 Å². The van der Waals surface area contributed by atoms with Crippen LogP contribution in [0.1, 0.15) is 30.9 Å². The maximum atomic E-state index is 11.8. The quantitative estimate of drug-likeness (QED) is 0.753. The fraction of sp³-hybridized carbons (Fsp3) is 0.500. The van der Waals surface area contributed by atoms with Gasteiger partial charge in [-0.15, -0.1) is 17.9 Å². The van der Waals surface area contributed by atoms with Crippen molar-refractivity contribution in [2.45, 2.75) is 25.2 Å². The van der Waals surface area contributed by atoms with Crippen molar-refractivity contribution in [2.75, 3.05) is 11.4 Å². The minimum absolute atomic E-state index is 0.182. The molecule has 1 unspecified atom stereocenters. The first kappa shape index (κ1) is 10.0. The van der Waals surface area contributed by atoms with Crippen molar-refractivity contribution in [3.63, 3.8) is 0 Å². The number of amides is 1. The Hall–Kier alpha value is -1.16. The molecule has 0 bridgehead atoms. The Labute approximate surface area is 98.8 Å². The van der Waals surface area contributed by atoms with Crippen LogP contribution in [-0.4, -0.2) is 17.4 Å². The average Bonchev–Trinajstić information content (AvgIpc) is 2.89. The van der Waals surface area contributed by atoms with E-state index in [1.807, 2.05) is 11.0 Å². The van der Waals surface area contributed by atoms with Gasteiger partial charge in [-0.05, 0) is 12.8 Å². The van der Waals surface area contributed by atoms with Crippen molar-refractivity contribution in [2.24, 2.45) is 5.92 Å². The Balaban J connectivity index is 1.80. The molecule has 0 spiro atoms. The minimum atomic E-state index is 0.182. The first-order valence-electron chi connectivity index (χ1n) is 5.66. The molecule has 1 atom stereocenters. The summed E-state index contributed by atoms with van der Waals surface area (Å²) in [4.78, 5) is 18.2. The highest BCUT2D eigenvalue weighted by Gasteiger charge is 2.32. The van der Waals surface area contributed by atoms with Crippen LogP contribution in [0.5, 0.6) is 0 Å². The maximum Gasteiger partial charge on any atom is 0.229 e. The number of hydrogen-bond acceptors (Lipinski definition) is 3. The smallest absolute Gasteiger partial charge is 0.229 e. The van der Waals surface area contributed by atoms with Crippen LogP contribution < -0.4 is 4.90 Å². The molecule has 84 valence electrons. The van der Waals surface area contributed by atoms with Gasteiger partial charge in [0.15, 0.2) is 5.13 Å². The third-order valence-corrected chi connectivity index (χ3v) is 4.11. The number of carbonyl (C=O) groups is 1. The number of thiazole rings is 1. The van der Waals surface area contributed by atoms with E-state index in [-0.39, 0.29) is 5.91 Å². The van der Waals surface area contributed by atoms with Crippen LogP contribution >= 0.6 is 11.3 Å². The van der Waals surface area contributed by atoms with Gasteiger partial charge >= 0.3 is 0 Å². The average molecular weight is 234 g/mol. The summed E-state index contributed by atoms with van der Waals surface area (Å²) in [5.74, 6) is 1.14. The number of rotatable bonds is 3. The van der Waals surface area contributed by atoms with Gasteiger partial charge in [-0.25, -0.2) is 4.98 Å². The lowest BCUT2D eigenvalue weighted by Crippen LogP contribution is -2.24. The van der Waals surface area contributed by atoms with Gasteiger partial charge in [-0.2, -0.15) is 0 Å². The molecule has 2 heterocycles. The number of aromatic nitrogens is 1. The molecule has 2 aliphatic rings. The largest absolute Gasteiger partial charge is 0.288 e. The first-order chi connectivity index (χ1) is 7.78. The summed E-state index contributed by atoms with van der Waals surface area (Å²) < 4.78 is 0. The first-order valence-corrected chi connectivity index (χ1v) is 6.54. The Kier molecular flexibility index (Phi) is 2.32. The van der Waals surface area contributed by atoms with Crippen LogP contribution in [0.4, 0.5) is 5.13 Å². The van der Waals surface area contributed by atoms with E-state index in [4.69, 9.17) is 0 Å². The van der Waals surface area contributed by atoms with Crippen molar-refractivity contribution >= 4 is 22.4 Å². The van der Waals surface area contributed by atoms with Crippen LogP contribution in [0.2, 0.25) is 0 Å². The van der Waals surface area contributed by atoms with Crippen molar-refractivity contribution < 1.29 is 4.79 Å². The second-order valence-electron chi connectivity index (χ2n) is 4.53. The Morgan fingerprint density at radius 3 is 3.00 bits per heavy atom. The summed E-state index contributed by atoms with van der Waals surface area (Å²) >= 11 is 1.59. The molecule has 1 saturated carbocycles. The number of hydrogen-bond donors (Lipinski definition) is 0. The summed E-state index contributed by atoms with van der Waals surface area (Å²) in [6.45, 7) is 4.50. The molecule has 3 nitrogen and oxygen atoms in total. The van der Waals surface area contributed by atoms with Gasteiger partial charge in [0, 0.05) is 30.2 Å². The summed E-state index contributed by atoms with van der Waals surface area (Å²) in [6, 6.07) is 0. The molecule has 1 aromatic heterocycles. The SMILES string of the molecule is C=CC1CC(=O)N(c2nc(C3CC3)cs2)C1. The molecule has 1 saturated heterocycles. The summed E-state index contributed by atoms with van der Waals surface area (Å²) in [7, 11) is 0. The fourth-order valence-corrected chi connectivity index (χ4v) is 2.98. The maximum absolute atomic E-state index is 11.8. The number of carbonyl (C=O) groups excluding carboxylic acids is 1. The molecule has 4 heteroatoms. The third-order valence-electron chi connectivity index (χ3n) is 3.22. The van der Waals surface area contributed by atoms with Gasteiger partial charge < -0.3 is 0 Å². The molecule has 0 N–H and O–H groups in total. The number of anilines is 1. The van der Waals surface area contributed by atoms with Gasteiger partial charge in [0.2, 0.25) is 5.91 Å². The van der Waals surface area contributed by atoms with E-state index in [1.165, 1.54) is 18.5 Å². The van der Waals surface area contributed by atoms with E-state index in [9.17, 15) is 4.79 Å². The molecule has 3 rings (SSSR count). The van der Waals surface area contributed by atoms with Gasteiger partial charge in [-0.3, -0.25) is 9.69 Å². The molecule has 0 aromatic carbocycles. The predicted molar refractivity (Wildman–Crippen MR) is 64.7 cm³/mol. The molecule has 1 aromatic rings. The van der Waals surface area contributed by atoms with Gasteiger partial charge in [0.05, 0.1) is 5.69 Å². The third kappa shape index (κ3) is 1.67. The predicted octanol–water partition coefficient (Wildman–Crippen LogP) is 2.56. The summed E-state index contributed by atoms with van der Waals surface area (Å²) in [6.07, 6.45) is 4.97. The minimum Gasteiger partial charge on any atom is -0.288 e. The van der Waals surface area contributed by atoms with Crippen LogP contribution in [0, 0.1) is 5.92 Å². The van der Waals surface area contributed by atoms with Crippen LogP contribution in [-0.2, 0) is 4.79 Å². The van der Waals surface area contributed by atoms with E-state index in [2.05, 4.69) is 16.9 Å². The van der Waals surface area contributed by atoms with Crippen molar-refractivity contribution in [1.29, 1.82) is 0 Å². The summed E-state index contributed by atoms with van der Waals surface area (Å²) in [5, 5.41) is 2.97. The van der Waals surface area contributed by atoms with E-state index < -0.39 is 0 Å². The highest BCUT2D eigenvalue weighted by Crippen LogP contribution is 2.42. The van der Waals surface area contributed by atoms with Gasteiger partial charge in [-0.1, -0.05) is 6.08 Å². The fourth-order valence-electron chi connectivity index (χ4n) is 2.04. The van der Waals surface area contributed by atoms with Crippen molar-refractivity contribution in [3.05, 3.63) is 23.7 Å². The van der Waals surface area contributed by atoms with Gasteiger partial charge in [0.25, 0.3) is 0 Å². The molecule has 1 amide bonds. The Morgan fingerprint density at radius 2 is 2.38 bits per heavy atom. The highest BCUT2D eigenvalue weighted by atomic mass is 32.1. The van der Waals surface area contributed by atoms with E-state index in [0.717, 1.165) is 11.7 Å². The molecule has 16 heavy (non-hydrogen) atoms. The van der Waals surface area contributed by atoms with E-state index in [0.29, 0.717) is 18.3 Å². The Bertz CT molecular complexity index is 436. The van der Waals surface area contributed by atoms with Crippen LogP contribution in [0.15, 0.2) is 18.0 Å². The van der Waals surface area contributed by atoms with Gasteiger partial charge in [0.1, 0.15) is 0 Å². The molecule has 0 radical (unpaired) electrons. The van der Waals surface area contributed by atoms with E-state index in [1.54, 1.807) is 11.3 Å². The molecule has 2 fully saturated rings. The zero-order valence-electron chi connectivity index (χ0n) is 9.06.